The molecule has 0 spiro atoms. The molecule has 0 unspecified atom stereocenters. The third kappa shape index (κ3) is 3.29. The van der Waals surface area contributed by atoms with Gasteiger partial charge in [0.15, 0.2) is 5.84 Å². The maximum absolute atomic E-state index is 12.1. The number of amidine groups is 1. The molecule has 1 fully saturated rings. The molecule has 1 saturated carbocycles. The van der Waals surface area contributed by atoms with E-state index in [-0.39, 0.29) is 11.7 Å². The Bertz CT molecular complexity index is 522. The Labute approximate surface area is 118 Å². The number of benzene rings is 1. The van der Waals surface area contributed by atoms with Crippen LogP contribution in [0.2, 0.25) is 0 Å². The number of hydrogen-bond acceptors (Lipinski definition) is 3. The molecule has 20 heavy (non-hydrogen) atoms. The van der Waals surface area contributed by atoms with Crippen LogP contribution < -0.4 is 11.1 Å². The predicted molar refractivity (Wildman–Crippen MR) is 77.9 cm³/mol. The third-order valence-electron chi connectivity index (χ3n) is 3.89. The summed E-state index contributed by atoms with van der Waals surface area (Å²) < 4.78 is 0. The van der Waals surface area contributed by atoms with Crippen molar-refractivity contribution in [1.29, 1.82) is 0 Å². The van der Waals surface area contributed by atoms with E-state index < -0.39 is 0 Å². The molecule has 5 heteroatoms. The lowest BCUT2D eigenvalue weighted by molar-refractivity contribution is 0.0943. The van der Waals surface area contributed by atoms with Crippen LogP contribution in [0.4, 0.5) is 0 Å². The maximum Gasteiger partial charge on any atom is 0.251 e. The highest BCUT2D eigenvalue weighted by molar-refractivity contribution is 6.01. The molecule has 0 saturated heterocycles. The van der Waals surface area contributed by atoms with Crippen LogP contribution in [-0.2, 0) is 0 Å². The van der Waals surface area contributed by atoms with E-state index in [2.05, 4.69) is 17.4 Å². The minimum atomic E-state index is -0.111. The highest BCUT2D eigenvalue weighted by Gasteiger charge is 2.41. The van der Waals surface area contributed by atoms with E-state index in [1.54, 1.807) is 24.3 Å². The minimum Gasteiger partial charge on any atom is -0.409 e. The number of oxime groups is 1. The monoisotopic (exact) mass is 275 g/mol. The van der Waals surface area contributed by atoms with E-state index in [9.17, 15) is 4.79 Å². The van der Waals surface area contributed by atoms with E-state index in [0.29, 0.717) is 16.5 Å². The van der Waals surface area contributed by atoms with E-state index in [0.717, 1.165) is 19.4 Å². The van der Waals surface area contributed by atoms with Gasteiger partial charge >= 0.3 is 0 Å². The molecule has 0 bridgehead atoms. The summed E-state index contributed by atoms with van der Waals surface area (Å²) in [4.78, 5) is 12.1. The molecule has 108 valence electrons. The van der Waals surface area contributed by atoms with Crippen molar-refractivity contribution >= 4 is 11.7 Å². The molecule has 1 aliphatic carbocycles. The molecule has 0 aromatic heterocycles. The highest BCUT2D eigenvalue weighted by Crippen LogP contribution is 2.48. The van der Waals surface area contributed by atoms with E-state index in [1.807, 2.05) is 0 Å². The standard InChI is InChI=1S/C15H21N3O2/c1-2-6-15(7-8-15)10-17-14(19)12-5-3-4-11(9-12)13(16)18-20/h3-5,9,20H,2,6-8,10H2,1H3,(H2,16,18)(H,17,19). The number of rotatable bonds is 6. The number of nitrogens with two attached hydrogens (primary N) is 1. The number of hydrogen-bond donors (Lipinski definition) is 3. The van der Waals surface area contributed by atoms with Gasteiger partial charge in [0.05, 0.1) is 0 Å². The topological polar surface area (TPSA) is 87.7 Å². The van der Waals surface area contributed by atoms with Crippen molar-refractivity contribution in [3.05, 3.63) is 35.4 Å². The molecule has 0 heterocycles. The van der Waals surface area contributed by atoms with Crippen molar-refractivity contribution in [3.63, 3.8) is 0 Å². The molecular weight excluding hydrogens is 254 g/mol. The van der Waals surface area contributed by atoms with Gasteiger partial charge in [-0.3, -0.25) is 4.79 Å². The molecule has 1 aliphatic rings. The van der Waals surface area contributed by atoms with Gasteiger partial charge in [0.25, 0.3) is 5.91 Å². The number of carbonyl (C=O) groups is 1. The summed E-state index contributed by atoms with van der Waals surface area (Å²) in [6.07, 6.45) is 4.71. The average molecular weight is 275 g/mol. The fourth-order valence-electron chi connectivity index (χ4n) is 2.47. The Morgan fingerprint density at radius 3 is 2.75 bits per heavy atom. The molecule has 1 amide bonds. The average Bonchev–Trinajstić information content (AvgIpc) is 3.24. The van der Waals surface area contributed by atoms with Crippen molar-refractivity contribution in [2.45, 2.75) is 32.6 Å². The lowest BCUT2D eigenvalue weighted by Crippen LogP contribution is -2.30. The summed E-state index contributed by atoms with van der Waals surface area (Å²) in [7, 11) is 0. The predicted octanol–water partition coefficient (Wildman–Crippen LogP) is 2.09. The second-order valence-electron chi connectivity index (χ2n) is 5.50. The summed E-state index contributed by atoms with van der Waals surface area (Å²) in [6, 6.07) is 6.78. The van der Waals surface area contributed by atoms with E-state index in [1.165, 1.54) is 12.8 Å². The van der Waals surface area contributed by atoms with Gasteiger partial charge in [-0.05, 0) is 36.8 Å². The van der Waals surface area contributed by atoms with Crippen LogP contribution in [0.25, 0.3) is 0 Å². The molecule has 0 aliphatic heterocycles. The smallest absolute Gasteiger partial charge is 0.251 e. The number of carbonyl (C=O) groups excluding carboxylic acids is 1. The van der Waals surface area contributed by atoms with Crippen LogP contribution in [-0.4, -0.2) is 23.5 Å². The first-order valence-corrected chi connectivity index (χ1v) is 6.96. The lowest BCUT2D eigenvalue weighted by atomic mass is 10.0. The first-order chi connectivity index (χ1) is 9.60. The van der Waals surface area contributed by atoms with Gasteiger partial charge in [0.2, 0.25) is 0 Å². The van der Waals surface area contributed by atoms with Crippen LogP contribution in [0.15, 0.2) is 29.4 Å². The molecule has 0 atom stereocenters. The summed E-state index contributed by atoms with van der Waals surface area (Å²) in [5.41, 5.74) is 6.92. The van der Waals surface area contributed by atoms with Crippen molar-refractivity contribution < 1.29 is 10.0 Å². The Hall–Kier alpha value is -2.04. The summed E-state index contributed by atoms with van der Waals surface area (Å²) >= 11 is 0. The summed E-state index contributed by atoms with van der Waals surface area (Å²) in [5.74, 6) is -0.107. The highest BCUT2D eigenvalue weighted by atomic mass is 16.4. The van der Waals surface area contributed by atoms with Gasteiger partial charge in [0.1, 0.15) is 0 Å². The zero-order valence-electron chi connectivity index (χ0n) is 11.7. The van der Waals surface area contributed by atoms with Crippen LogP contribution in [0.3, 0.4) is 0 Å². The van der Waals surface area contributed by atoms with Crippen molar-refractivity contribution in [2.24, 2.45) is 16.3 Å². The van der Waals surface area contributed by atoms with Crippen molar-refractivity contribution in [1.82, 2.24) is 5.32 Å². The zero-order valence-corrected chi connectivity index (χ0v) is 11.7. The van der Waals surface area contributed by atoms with Gasteiger partial charge < -0.3 is 16.3 Å². The number of amides is 1. The van der Waals surface area contributed by atoms with Gasteiger partial charge in [-0.1, -0.05) is 30.6 Å². The summed E-state index contributed by atoms with van der Waals surface area (Å²) in [5, 5.41) is 14.6. The van der Waals surface area contributed by atoms with E-state index >= 15 is 0 Å². The minimum absolute atomic E-state index is 0.00398. The van der Waals surface area contributed by atoms with Crippen LogP contribution >= 0.6 is 0 Å². The largest absolute Gasteiger partial charge is 0.409 e. The molecule has 1 aromatic rings. The molecule has 0 radical (unpaired) electrons. The van der Waals surface area contributed by atoms with Crippen LogP contribution in [0, 0.1) is 5.41 Å². The summed E-state index contributed by atoms with van der Waals surface area (Å²) in [6.45, 7) is 2.90. The van der Waals surface area contributed by atoms with Crippen LogP contribution in [0.5, 0.6) is 0 Å². The maximum atomic E-state index is 12.1. The number of nitrogens with one attached hydrogen (secondary N) is 1. The SMILES string of the molecule is CCCC1(CNC(=O)c2cccc(/C(N)=N/O)c2)CC1. The first kappa shape index (κ1) is 14.4. The van der Waals surface area contributed by atoms with Gasteiger partial charge in [-0.15, -0.1) is 0 Å². The van der Waals surface area contributed by atoms with Gasteiger partial charge in [0, 0.05) is 17.7 Å². The number of nitrogens with zero attached hydrogens (tertiary/aromatic N) is 1. The fraction of sp³-hybridized carbons (Fsp3) is 0.467. The van der Waals surface area contributed by atoms with Crippen molar-refractivity contribution in [2.75, 3.05) is 6.54 Å². The van der Waals surface area contributed by atoms with Gasteiger partial charge in [-0.25, -0.2) is 0 Å². The second kappa shape index (κ2) is 5.94. The quantitative estimate of drug-likeness (QED) is 0.321. The Morgan fingerprint density at radius 2 is 2.15 bits per heavy atom. The second-order valence-corrected chi connectivity index (χ2v) is 5.50. The Kier molecular flexibility index (Phi) is 4.27. The van der Waals surface area contributed by atoms with Crippen LogP contribution in [0.1, 0.15) is 48.5 Å². The lowest BCUT2D eigenvalue weighted by Gasteiger charge is -2.15. The Morgan fingerprint density at radius 1 is 1.45 bits per heavy atom. The van der Waals surface area contributed by atoms with Gasteiger partial charge in [-0.2, -0.15) is 0 Å². The Balaban J connectivity index is 1.99. The van der Waals surface area contributed by atoms with Crippen molar-refractivity contribution in [3.8, 4) is 0 Å². The zero-order chi connectivity index (χ0) is 14.6. The molecular formula is C15H21N3O2. The molecule has 1 aromatic carbocycles. The molecule has 5 nitrogen and oxygen atoms in total. The first-order valence-electron chi connectivity index (χ1n) is 6.96. The normalized spacial score (nSPS) is 16.8. The van der Waals surface area contributed by atoms with E-state index in [4.69, 9.17) is 10.9 Å². The molecule has 4 N–H and O–H groups in total. The third-order valence-corrected chi connectivity index (χ3v) is 3.89. The molecule has 2 rings (SSSR count). The fourth-order valence-corrected chi connectivity index (χ4v) is 2.47.